The largest absolute Gasteiger partial charge is 0.352 e. The predicted molar refractivity (Wildman–Crippen MR) is 156 cm³/mol. The summed E-state index contributed by atoms with van der Waals surface area (Å²) in [6.45, 7) is 7.09. The third kappa shape index (κ3) is 7.83. The molecule has 0 bridgehead atoms. The SMILES string of the molecule is CC[C@H](C(=O)NC(C)C)N(CCc1ccccc1)C(=O)CN(c1cc(Cl)ccc1C)S(=O)(=O)c1ccccc1. The summed E-state index contributed by atoms with van der Waals surface area (Å²) >= 11 is 6.27. The lowest BCUT2D eigenvalue weighted by molar-refractivity contribution is -0.139. The minimum absolute atomic E-state index is 0.0533. The molecule has 7 nitrogen and oxygen atoms in total. The minimum Gasteiger partial charge on any atom is -0.352 e. The van der Waals surface area contributed by atoms with Gasteiger partial charge in [-0.1, -0.05) is 73.1 Å². The van der Waals surface area contributed by atoms with Crippen LogP contribution in [-0.4, -0.2) is 50.3 Å². The van der Waals surface area contributed by atoms with E-state index in [4.69, 9.17) is 11.6 Å². The zero-order valence-electron chi connectivity index (χ0n) is 22.8. The Morgan fingerprint density at radius 2 is 1.56 bits per heavy atom. The second kappa shape index (κ2) is 13.6. The number of nitrogens with one attached hydrogen (secondary N) is 1. The molecule has 0 radical (unpaired) electrons. The minimum atomic E-state index is -4.13. The first-order valence-electron chi connectivity index (χ1n) is 13.0. The van der Waals surface area contributed by atoms with E-state index in [0.29, 0.717) is 29.1 Å². The molecule has 0 aliphatic carbocycles. The van der Waals surface area contributed by atoms with Gasteiger partial charge in [0, 0.05) is 17.6 Å². The quantitative estimate of drug-likeness (QED) is 0.324. The zero-order valence-corrected chi connectivity index (χ0v) is 24.4. The summed E-state index contributed by atoms with van der Waals surface area (Å²) in [6.07, 6.45) is 0.889. The highest BCUT2D eigenvalue weighted by Gasteiger charge is 2.34. The van der Waals surface area contributed by atoms with Gasteiger partial charge in [-0.15, -0.1) is 0 Å². The Morgan fingerprint density at radius 3 is 2.15 bits per heavy atom. The topological polar surface area (TPSA) is 86.8 Å². The van der Waals surface area contributed by atoms with Crippen LogP contribution >= 0.6 is 11.6 Å². The van der Waals surface area contributed by atoms with Gasteiger partial charge in [0.1, 0.15) is 12.6 Å². The fraction of sp³-hybridized carbons (Fsp3) is 0.333. The number of carbonyl (C=O) groups is 2. The summed E-state index contributed by atoms with van der Waals surface area (Å²) < 4.78 is 28.9. The average Bonchev–Trinajstić information content (AvgIpc) is 2.91. The van der Waals surface area contributed by atoms with Crippen molar-refractivity contribution in [3.05, 3.63) is 95.0 Å². The number of carbonyl (C=O) groups excluding carboxylic acids is 2. The molecule has 9 heteroatoms. The van der Waals surface area contributed by atoms with Gasteiger partial charge in [-0.2, -0.15) is 0 Å². The molecule has 39 heavy (non-hydrogen) atoms. The van der Waals surface area contributed by atoms with E-state index in [1.807, 2.05) is 51.1 Å². The second-order valence-corrected chi connectivity index (χ2v) is 12.0. The van der Waals surface area contributed by atoms with Crippen molar-refractivity contribution >= 4 is 39.1 Å². The molecule has 3 aromatic rings. The van der Waals surface area contributed by atoms with Crippen molar-refractivity contribution in [2.75, 3.05) is 17.4 Å². The van der Waals surface area contributed by atoms with Gasteiger partial charge in [0.05, 0.1) is 10.6 Å². The number of sulfonamides is 1. The first-order chi connectivity index (χ1) is 18.5. The monoisotopic (exact) mass is 569 g/mol. The molecule has 0 aliphatic heterocycles. The number of hydrogen-bond acceptors (Lipinski definition) is 4. The maximum atomic E-state index is 14.0. The molecule has 0 aromatic heterocycles. The normalized spacial score (nSPS) is 12.2. The molecular weight excluding hydrogens is 534 g/mol. The lowest BCUT2D eigenvalue weighted by atomic mass is 10.1. The molecule has 3 rings (SSSR count). The van der Waals surface area contributed by atoms with E-state index in [9.17, 15) is 18.0 Å². The van der Waals surface area contributed by atoms with E-state index in [2.05, 4.69) is 5.32 Å². The van der Waals surface area contributed by atoms with Crippen LogP contribution in [-0.2, 0) is 26.0 Å². The van der Waals surface area contributed by atoms with Crippen molar-refractivity contribution in [3.63, 3.8) is 0 Å². The molecule has 0 saturated carbocycles. The third-order valence-corrected chi connectivity index (χ3v) is 8.36. The van der Waals surface area contributed by atoms with Crippen LogP contribution in [0.5, 0.6) is 0 Å². The van der Waals surface area contributed by atoms with Crippen LogP contribution in [0.3, 0.4) is 0 Å². The summed E-state index contributed by atoms with van der Waals surface area (Å²) in [5.41, 5.74) is 1.96. The fourth-order valence-electron chi connectivity index (χ4n) is 4.36. The number of rotatable bonds is 12. The van der Waals surface area contributed by atoms with Gasteiger partial charge >= 0.3 is 0 Å². The van der Waals surface area contributed by atoms with Crippen molar-refractivity contribution < 1.29 is 18.0 Å². The van der Waals surface area contributed by atoms with Gasteiger partial charge in [0.25, 0.3) is 10.0 Å². The molecule has 1 N–H and O–H groups in total. The van der Waals surface area contributed by atoms with Gasteiger partial charge in [-0.3, -0.25) is 13.9 Å². The third-order valence-electron chi connectivity index (χ3n) is 6.35. The van der Waals surface area contributed by atoms with Crippen LogP contribution in [0.25, 0.3) is 0 Å². The Morgan fingerprint density at radius 1 is 0.949 bits per heavy atom. The fourth-order valence-corrected chi connectivity index (χ4v) is 6.02. The van der Waals surface area contributed by atoms with E-state index in [-0.39, 0.29) is 23.4 Å². The molecule has 0 heterocycles. The molecule has 0 aliphatic rings. The molecule has 1 atom stereocenters. The highest BCUT2D eigenvalue weighted by molar-refractivity contribution is 7.92. The van der Waals surface area contributed by atoms with Gasteiger partial charge < -0.3 is 10.2 Å². The number of aryl methyl sites for hydroxylation is 1. The number of nitrogens with zero attached hydrogens (tertiary/aromatic N) is 2. The number of amides is 2. The van der Waals surface area contributed by atoms with Gasteiger partial charge in [-0.25, -0.2) is 8.42 Å². The van der Waals surface area contributed by atoms with Crippen LogP contribution in [0.2, 0.25) is 5.02 Å². The van der Waals surface area contributed by atoms with Gasteiger partial charge in [0.15, 0.2) is 0 Å². The Labute approximate surface area is 236 Å². The summed E-state index contributed by atoms with van der Waals surface area (Å²) in [5, 5.41) is 3.25. The van der Waals surface area contributed by atoms with Gasteiger partial charge in [0.2, 0.25) is 11.8 Å². The number of benzene rings is 3. The summed E-state index contributed by atoms with van der Waals surface area (Å²) in [6, 6.07) is 21.7. The lowest BCUT2D eigenvalue weighted by Gasteiger charge is -2.34. The summed E-state index contributed by atoms with van der Waals surface area (Å²) in [5.74, 6) is -0.749. The predicted octanol–water partition coefficient (Wildman–Crippen LogP) is 5.22. The van der Waals surface area contributed by atoms with Crippen LogP contribution in [0.4, 0.5) is 5.69 Å². The van der Waals surface area contributed by atoms with Crippen molar-refractivity contribution in [1.29, 1.82) is 0 Å². The number of halogens is 1. The highest BCUT2D eigenvalue weighted by Crippen LogP contribution is 2.30. The van der Waals surface area contributed by atoms with E-state index in [1.54, 1.807) is 43.3 Å². The second-order valence-electron chi connectivity index (χ2n) is 9.67. The lowest BCUT2D eigenvalue weighted by Crippen LogP contribution is -2.54. The molecule has 0 saturated heterocycles. The number of anilines is 1. The maximum Gasteiger partial charge on any atom is 0.264 e. The molecule has 3 aromatic carbocycles. The first kappa shape index (κ1) is 30.2. The standard InChI is InChI=1S/C30H36ClN3O4S/c1-5-27(30(36)32-22(2)3)33(19-18-24-12-8-6-9-13-24)29(35)21-34(28-20-25(31)17-16-23(28)4)39(37,38)26-14-10-7-11-15-26/h6-17,20,22,27H,5,18-19,21H2,1-4H3,(H,32,36)/t27-/m1/s1. The van der Waals surface area contributed by atoms with Crippen molar-refractivity contribution in [3.8, 4) is 0 Å². The average molecular weight is 570 g/mol. The van der Waals surface area contributed by atoms with E-state index in [0.717, 1.165) is 9.87 Å². The Hall–Kier alpha value is -3.36. The van der Waals surface area contributed by atoms with Crippen LogP contribution in [0.1, 0.15) is 38.3 Å². The zero-order chi connectivity index (χ0) is 28.6. The van der Waals surface area contributed by atoms with Crippen molar-refractivity contribution in [2.24, 2.45) is 0 Å². The maximum absolute atomic E-state index is 14.0. The summed E-state index contributed by atoms with van der Waals surface area (Å²) in [4.78, 5) is 28.7. The summed E-state index contributed by atoms with van der Waals surface area (Å²) in [7, 11) is -4.13. The van der Waals surface area contributed by atoms with E-state index < -0.39 is 28.5 Å². The molecular formula is C30H36ClN3O4S. The van der Waals surface area contributed by atoms with E-state index in [1.165, 1.54) is 17.0 Å². The Kier molecular flexibility index (Phi) is 10.5. The van der Waals surface area contributed by atoms with Crippen molar-refractivity contribution in [1.82, 2.24) is 10.2 Å². The molecule has 0 fully saturated rings. The van der Waals surface area contributed by atoms with Crippen molar-refractivity contribution in [2.45, 2.75) is 57.5 Å². The van der Waals surface area contributed by atoms with Crippen LogP contribution in [0.15, 0.2) is 83.8 Å². The van der Waals surface area contributed by atoms with Gasteiger partial charge in [-0.05, 0) is 69.0 Å². The molecule has 208 valence electrons. The van der Waals surface area contributed by atoms with Crippen LogP contribution < -0.4 is 9.62 Å². The Balaban J connectivity index is 2.04. The smallest absolute Gasteiger partial charge is 0.264 e. The molecule has 0 spiro atoms. The van der Waals surface area contributed by atoms with Crippen LogP contribution in [0, 0.1) is 6.92 Å². The van der Waals surface area contributed by atoms with E-state index >= 15 is 0 Å². The highest BCUT2D eigenvalue weighted by atomic mass is 35.5. The molecule has 2 amide bonds. The first-order valence-corrected chi connectivity index (χ1v) is 14.8. The Bertz CT molecular complexity index is 1370. The number of hydrogen-bond donors (Lipinski definition) is 1. The molecule has 0 unspecified atom stereocenters.